The molecule has 0 amide bonds. The summed E-state index contributed by atoms with van der Waals surface area (Å²) < 4.78 is 31.7. The van der Waals surface area contributed by atoms with E-state index in [9.17, 15) is 8.42 Å². The van der Waals surface area contributed by atoms with Crippen LogP contribution in [-0.2, 0) is 16.6 Å². The third-order valence-corrected chi connectivity index (χ3v) is 7.03. The minimum absolute atomic E-state index is 0. The summed E-state index contributed by atoms with van der Waals surface area (Å²) in [5.41, 5.74) is 2.24. The lowest BCUT2D eigenvalue weighted by atomic mass is 10.1. The second-order valence-electron chi connectivity index (χ2n) is 7.36. The third kappa shape index (κ3) is 8.22. The molecule has 0 spiro atoms. The van der Waals surface area contributed by atoms with Gasteiger partial charge in [0, 0.05) is 25.7 Å². The average molecular weight is 553 g/mol. The molecule has 1 heterocycles. The molecule has 0 radical (unpaired) electrons. The highest BCUT2D eigenvalue weighted by Crippen LogP contribution is 2.19. The zero-order valence-corrected chi connectivity index (χ0v) is 21.8. The summed E-state index contributed by atoms with van der Waals surface area (Å²) in [5, 5.41) is 6.76. The second kappa shape index (κ2) is 13.4. The number of ether oxygens (including phenoxy) is 1. The Morgan fingerprint density at radius 3 is 2.50 bits per heavy atom. The quantitative estimate of drug-likeness (QED) is 0.279. The molecular weight excluding hydrogens is 515 g/mol. The molecule has 9 heteroatoms. The van der Waals surface area contributed by atoms with Crippen molar-refractivity contribution in [3.8, 4) is 5.75 Å². The van der Waals surface area contributed by atoms with Crippen molar-refractivity contribution in [2.75, 3.05) is 32.0 Å². The predicted octanol–water partition coefficient (Wildman–Crippen LogP) is 3.27. The van der Waals surface area contributed by atoms with E-state index in [2.05, 4.69) is 16.7 Å². The number of aliphatic imine (C=N–C) groups is 1. The number of nitrogens with one attached hydrogen (secondary N) is 2. The van der Waals surface area contributed by atoms with E-state index < -0.39 is 10.0 Å². The Hall–Kier alpha value is -1.07. The number of benzene rings is 1. The van der Waals surface area contributed by atoms with Gasteiger partial charge >= 0.3 is 0 Å². The number of sulfonamides is 1. The van der Waals surface area contributed by atoms with Crippen LogP contribution in [0.25, 0.3) is 0 Å². The Balaban J connectivity index is 0.00000450. The van der Waals surface area contributed by atoms with Crippen molar-refractivity contribution in [1.29, 1.82) is 0 Å². The van der Waals surface area contributed by atoms with Crippen molar-refractivity contribution in [2.45, 2.75) is 59.5 Å². The maximum Gasteiger partial charge on any atom is 0.214 e. The highest BCUT2D eigenvalue weighted by atomic mass is 127. The first-order valence-corrected chi connectivity index (χ1v) is 12.3. The van der Waals surface area contributed by atoms with Gasteiger partial charge in [-0.3, -0.25) is 0 Å². The Morgan fingerprint density at radius 2 is 1.93 bits per heavy atom. The lowest BCUT2D eigenvalue weighted by Gasteiger charge is -2.32. The summed E-state index contributed by atoms with van der Waals surface area (Å²) >= 11 is 0. The van der Waals surface area contributed by atoms with Crippen LogP contribution in [-0.4, -0.2) is 56.7 Å². The zero-order chi connectivity index (χ0) is 21.3. The number of aryl methyl sites for hydroxylation is 1. The van der Waals surface area contributed by atoms with Crippen LogP contribution in [0.3, 0.4) is 0 Å². The minimum atomic E-state index is -3.10. The molecule has 0 aliphatic carbocycles. The van der Waals surface area contributed by atoms with Gasteiger partial charge in [-0.25, -0.2) is 17.7 Å². The van der Waals surface area contributed by atoms with Gasteiger partial charge in [-0.05, 0) is 57.2 Å². The Kier molecular flexibility index (Phi) is 12.0. The van der Waals surface area contributed by atoms with Gasteiger partial charge in [0.15, 0.2) is 5.96 Å². The Labute approximate surface area is 199 Å². The summed E-state index contributed by atoms with van der Waals surface area (Å²) in [7, 11) is -3.10. The van der Waals surface area contributed by atoms with Gasteiger partial charge in [0.05, 0.1) is 18.9 Å². The molecule has 30 heavy (non-hydrogen) atoms. The average Bonchev–Trinajstić information content (AvgIpc) is 2.69. The number of nitrogens with zero attached hydrogens (tertiary/aromatic N) is 2. The molecule has 0 atom stereocenters. The van der Waals surface area contributed by atoms with Crippen molar-refractivity contribution in [3.05, 3.63) is 29.3 Å². The number of halogens is 1. The Bertz CT molecular complexity index is 778. The van der Waals surface area contributed by atoms with Crippen LogP contribution in [0.2, 0.25) is 0 Å². The van der Waals surface area contributed by atoms with E-state index in [1.165, 1.54) is 0 Å². The molecule has 1 fully saturated rings. The lowest BCUT2D eigenvalue weighted by molar-refractivity contribution is 0.306. The smallest absolute Gasteiger partial charge is 0.214 e. The maximum atomic E-state index is 12.2. The molecule has 2 N–H and O–H groups in total. The predicted molar refractivity (Wildman–Crippen MR) is 134 cm³/mol. The highest BCUT2D eigenvalue weighted by Gasteiger charge is 2.27. The van der Waals surface area contributed by atoms with Gasteiger partial charge in [-0.15, -0.1) is 24.0 Å². The first kappa shape index (κ1) is 27.0. The minimum Gasteiger partial charge on any atom is -0.494 e. The van der Waals surface area contributed by atoms with E-state index >= 15 is 0 Å². The molecule has 1 saturated heterocycles. The van der Waals surface area contributed by atoms with Crippen molar-refractivity contribution >= 4 is 40.0 Å². The number of hydrogen-bond donors (Lipinski definition) is 2. The van der Waals surface area contributed by atoms with Crippen LogP contribution >= 0.6 is 24.0 Å². The van der Waals surface area contributed by atoms with Gasteiger partial charge in [0.2, 0.25) is 10.0 Å². The number of guanidine groups is 1. The summed E-state index contributed by atoms with van der Waals surface area (Å²) in [4.78, 5) is 4.71. The maximum absolute atomic E-state index is 12.2. The van der Waals surface area contributed by atoms with Crippen LogP contribution in [0.4, 0.5) is 0 Å². The fourth-order valence-corrected chi connectivity index (χ4v) is 5.02. The summed E-state index contributed by atoms with van der Waals surface area (Å²) in [6.07, 6.45) is 2.23. The highest BCUT2D eigenvalue weighted by molar-refractivity contribution is 14.0. The molecule has 0 aromatic heterocycles. The van der Waals surface area contributed by atoms with Crippen LogP contribution < -0.4 is 15.4 Å². The fourth-order valence-electron chi connectivity index (χ4n) is 3.48. The van der Waals surface area contributed by atoms with Crippen LogP contribution in [0.15, 0.2) is 23.2 Å². The SMILES string of the molecule is CCCS(=O)(=O)N1CCC(NC(=NCc2ccc(OCC)c(C)c2)NCC)CC1.I. The fraction of sp³-hybridized carbons (Fsp3) is 0.667. The molecule has 0 saturated carbocycles. The number of piperidine rings is 1. The van der Waals surface area contributed by atoms with E-state index in [1.807, 2.05) is 39.8 Å². The Morgan fingerprint density at radius 1 is 1.23 bits per heavy atom. The first-order chi connectivity index (χ1) is 13.9. The largest absolute Gasteiger partial charge is 0.494 e. The van der Waals surface area contributed by atoms with Gasteiger partial charge in [-0.2, -0.15) is 0 Å². The second-order valence-corrected chi connectivity index (χ2v) is 9.45. The van der Waals surface area contributed by atoms with E-state index in [-0.39, 0.29) is 35.8 Å². The summed E-state index contributed by atoms with van der Waals surface area (Å²) in [5.74, 6) is 1.92. The topological polar surface area (TPSA) is 83.0 Å². The van der Waals surface area contributed by atoms with Crippen LogP contribution in [0.5, 0.6) is 5.75 Å². The summed E-state index contributed by atoms with van der Waals surface area (Å²) in [6, 6.07) is 6.37. The van der Waals surface area contributed by atoms with Gasteiger partial charge in [0.1, 0.15) is 5.75 Å². The van der Waals surface area contributed by atoms with Crippen molar-refractivity contribution in [3.63, 3.8) is 0 Å². The normalized spacial score (nSPS) is 16.1. The van der Waals surface area contributed by atoms with E-state index in [0.29, 0.717) is 32.7 Å². The standard InChI is InChI=1S/C21H36N4O3S.HI/c1-5-14-29(26,27)25-12-10-19(11-13-25)24-21(22-6-2)23-16-18-8-9-20(28-7-3)17(4)15-18;/h8-9,15,19H,5-7,10-14,16H2,1-4H3,(H2,22,23,24);1H. The van der Waals surface area contributed by atoms with Gasteiger partial charge in [0.25, 0.3) is 0 Å². The monoisotopic (exact) mass is 552 g/mol. The van der Waals surface area contributed by atoms with Crippen LogP contribution in [0, 0.1) is 6.92 Å². The molecule has 1 aliphatic rings. The van der Waals surface area contributed by atoms with E-state index in [1.54, 1.807) is 4.31 Å². The number of rotatable bonds is 9. The molecule has 1 aliphatic heterocycles. The van der Waals surface area contributed by atoms with Gasteiger partial charge < -0.3 is 15.4 Å². The summed E-state index contributed by atoms with van der Waals surface area (Å²) in [6.45, 7) is 11.1. The molecule has 7 nitrogen and oxygen atoms in total. The third-order valence-electron chi connectivity index (χ3n) is 4.95. The molecule has 0 unspecified atom stereocenters. The van der Waals surface area contributed by atoms with Crippen molar-refractivity contribution < 1.29 is 13.2 Å². The molecular formula is C21H37IN4O3S. The molecule has 0 bridgehead atoms. The van der Waals surface area contributed by atoms with Crippen molar-refractivity contribution in [1.82, 2.24) is 14.9 Å². The van der Waals surface area contributed by atoms with E-state index in [4.69, 9.17) is 9.73 Å². The first-order valence-electron chi connectivity index (χ1n) is 10.6. The molecule has 1 aromatic carbocycles. The lowest BCUT2D eigenvalue weighted by Crippen LogP contribution is -2.50. The van der Waals surface area contributed by atoms with E-state index in [0.717, 1.165) is 42.2 Å². The molecule has 1 aromatic rings. The molecule has 172 valence electrons. The van der Waals surface area contributed by atoms with Crippen molar-refractivity contribution in [2.24, 2.45) is 4.99 Å². The molecule has 2 rings (SSSR count). The van der Waals surface area contributed by atoms with Crippen LogP contribution in [0.1, 0.15) is 51.2 Å². The zero-order valence-electron chi connectivity index (χ0n) is 18.6. The van der Waals surface area contributed by atoms with Gasteiger partial charge in [-0.1, -0.05) is 19.1 Å². The number of hydrogen-bond acceptors (Lipinski definition) is 4.